The molecule has 1 atom stereocenters. The predicted octanol–water partition coefficient (Wildman–Crippen LogP) is 1.26. The number of hydrogen-bond acceptors (Lipinski definition) is 7. The molecule has 1 N–H and O–H groups in total. The number of ether oxygens (including phenoxy) is 1. The fourth-order valence-corrected chi connectivity index (χ4v) is 4.88. The van der Waals surface area contributed by atoms with Gasteiger partial charge in [0, 0.05) is 25.0 Å². The Bertz CT molecular complexity index is 1250. The molecule has 0 saturated carbocycles. The minimum Gasteiger partial charge on any atom is -0.377 e. The molecule has 0 radical (unpaired) electrons. The summed E-state index contributed by atoms with van der Waals surface area (Å²) in [4.78, 5) is 4.32. The Balaban J connectivity index is 1.65. The van der Waals surface area contributed by atoms with Gasteiger partial charge in [-0.15, -0.1) is 0 Å². The topological polar surface area (TPSA) is 120 Å². The van der Waals surface area contributed by atoms with Crippen LogP contribution in [0, 0.1) is 0 Å². The van der Waals surface area contributed by atoms with Gasteiger partial charge < -0.3 is 4.74 Å². The molecule has 0 aliphatic carbocycles. The van der Waals surface area contributed by atoms with Crippen LogP contribution in [0.2, 0.25) is 0 Å². The molecule has 1 fully saturated rings. The van der Waals surface area contributed by atoms with Crippen molar-refractivity contribution in [1.82, 2.24) is 19.3 Å². The third-order valence-corrected chi connectivity index (χ3v) is 7.21. The maximum atomic E-state index is 12.7. The van der Waals surface area contributed by atoms with Crippen molar-refractivity contribution in [3.63, 3.8) is 0 Å². The number of imidazole rings is 1. The lowest BCUT2D eigenvalue weighted by Crippen LogP contribution is -2.32. The number of sulfonamides is 1. The summed E-state index contributed by atoms with van der Waals surface area (Å²) in [6.07, 6.45) is 4.02. The maximum absolute atomic E-state index is 12.7. The van der Waals surface area contributed by atoms with E-state index < -0.39 is 19.9 Å². The van der Waals surface area contributed by atoms with Crippen molar-refractivity contribution in [2.75, 3.05) is 19.4 Å². The third kappa shape index (κ3) is 4.17. The van der Waals surface area contributed by atoms with Crippen molar-refractivity contribution in [3.8, 4) is 11.3 Å². The molecule has 1 aliphatic heterocycles. The van der Waals surface area contributed by atoms with E-state index in [1.807, 2.05) is 0 Å². The number of aromatic nitrogens is 3. The first-order valence-corrected chi connectivity index (χ1v) is 12.4. The van der Waals surface area contributed by atoms with E-state index in [1.165, 1.54) is 22.8 Å². The second-order valence-corrected chi connectivity index (χ2v) is 10.6. The zero-order chi connectivity index (χ0) is 20.6. The summed E-state index contributed by atoms with van der Waals surface area (Å²) in [6, 6.07) is 9.60. The quantitative estimate of drug-likeness (QED) is 0.618. The van der Waals surface area contributed by atoms with Gasteiger partial charge in [0.25, 0.3) is 10.0 Å². The molecule has 0 bridgehead atoms. The second-order valence-electron chi connectivity index (χ2n) is 6.87. The van der Waals surface area contributed by atoms with Crippen molar-refractivity contribution in [2.24, 2.45) is 0 Å². The Hall–Kier alpha value is -2.34. The third-order valence-electron chi connectivity index (χ3n) is 4.71. The van der Waals surface area contributed by atoms with Crippen LogP contribution in [-0.4, -0.2) is 56.9 Å². The normalized spacial score (nSPS) is 17.8. The van der Waals surface area contributed by atoms with Gasteiger partial charge in [0.1, 0.15) is 0 Å². The summed E-state index contributed by atoms with van der Waals surface area (Å²) in [5.41, 5.74) is 1.54. The molecule has 4 rings (SSSR count). The summed E-state index contributed by atoms with van der Waals surface area (Å²) < 4.78 is 58.0. The fraction of sp³-hybridized carbons (Fsp3) is 0.333. The zero-order valence-electron chi connectivity index (χ0n) is 15.6. The van der Waals surface area contributed by atoms with E-state index in [-0.39, 0.29) is 22.6 Å². The summed E-state index contributed by atoms with van der Waals surface area (Å²) in [5, 5.41) is 4.33. The molecule has 1 unspecified atom stereocenters. The summed E-state index contributed by atoms with van der Waals surface area (Å²) >= 11 is 0. The Kier molecular flexibility index (Phi) is 5.15. The van der Waals surface area contributed by atoms with E-state index in [9.17, 15) is 16.8 Å². The van der Waals surface area contributed by atoms with Gasteiger partial charge >= 0.3 is 0 Å². The number of nitrogens with zero attached hydrogens (tertiary/aromatic N) is 3. The van der Waals surface area contributed by atoms with Crippen molar-refractivity contribution in [1.29, 1.82) is 0 Å². The lowest BCUT2D eigenvalue weighted by molar-refractivity contribution is 0.114. The van der Waals surface area contributed by atoms with E-state index in [4.69, 9.17) is 4.74 Å². The molecule has 154 valence electrons. The van der Waals surface area contributed by atoms with Gasteiger partial charge in [-0.05, 0) is 37.1 Å². The number of benzene rings is 1. The summed E-state index contributed by atoms with van der Waals surface area (Å²) in [7, 11) is -7.13. The number of nitrogens with one attached hydrogen (secondary N) is 1. The van der Waals surface area contributed by atoms with Gasteiger partial charge in [-0.1, -0.05) is 12.1 Å². The van der Waals surface area contributed by atoms with Gasteiger partial charge in [-0.2, -0.15) is 5.10 Å². The highest BCUT2D eigenvalue weighted by atomic mass is 32.2. The van der Waals surface area contributed by atoms with Crippen molar-refractivity contribution in [3.05, 3.63) is 42.6 Å². The van der Waals surface area contributed by atoms with Gasteiger partial charge in [0.05, 0.1) is 22.9 Å². The molecule has 1 saturated heterocycles. The van der Waals surface area contributed by atoms with Crippen LogP contribution in [0.3, 0.4) is 0 Å². The van der Waals surface area contributed by atoms with Crippen molar-refractivity contribution >= 4 is 25.5 Å². The van der Waals surface area contributed by atoms with Gasteiger partial charge in [0.2, 0.25) is 0 Å². The molecule has 1 aliphatic rings. The van der Waals surface area contributed by atoms with E-state index in [1.54, 1.807) is 24.3 Å². The highest BCUT2D eigenvalue weighted by Crippen LogP contribution is 2.21. The minimum atomic E-state index is -3.83. The fourth-order valence-electron chi connectivity index (χ4n) is 3.14. The van der Waals surface area contributed by atoms with Crippen LogP contribution in [0.25, 0.3) is 16.9 Å². The molecular weight excluding hydrogens is 416 g/mol. The largest absolute Gasteiger partial charge is 0.377 e. The van der Waals surface area contributed by atoms with Crippen molar-refractivity contribution in [2.45, 2.75) is 28.9 Å². The van der Waals surface area contributed by atoms with Gasteiger partial charge in [0.15, 0.2) is 20.5 Å². The average Bonchev–Trinajstić information content (AvgIpc) is 3.35. The first kappa shape index (κ1) is 20.0. The number of fused-ring (bicyclic) bond motifs is 1. The second kappa shape index (κ2) is 7.48. The highest BCUT2D eigenvalue weighted by Gasteiger charge is 2.24. The van der Waals surface area contributed by atoms with Crippen LogP contribution in [0.4, 0.5) is 0 Å². The molecule has 0 spiro atoms. The van der Waals surface area contributed by atoms with E-state index in [0.29, 0.717) is 23.5 Å². The zero-order valence-corrected chi connectivity index (χ0v) is 17.3. The summed E-state index contributed by atoms with van der Waals surface area (Å²) in [6.45, 7) is 0.841. The SMILES string of the molecule is CS(=O)(=O)c1ccc(-c2ccc3ncc(S(=O)(=O)NCC4CCCO4)n3n2)cc1. The molecule has 3 heterocycles. The van der Waals surface area contributed by atoms with E-state index in [0.717, 1.165) is 19.1 Å². The predicted molar refractivity (Wildman–Crippen MR) is 106 cm³/mol. The molecule has 1 aromatic carbocycles. The summed E-state index contributed by atoms with van der Waals surface area (Å²) in [5.74, 6) is 0. The van der Waals surface area contributed by atoms with Crippen LogP contribution in [0.5, 0.6) is 0 Å². The number of hydrogen-bond donors (Lipinski definition) is 1. The maximum Gasteiger partial charge on any atom is 0.259 e. The van der Waals surface area contributed by atoms with E-state index >= 15 is 0 Å². The Labute approximate surface area is 168 Å². The Morgan fingerprint density at radius 1 is 1.14 bits per heavy atom. The van der Waals surface area contributed by atoms with Crippen LogP contribution < -0.4 is 4.72 Å². The lowest BCUT2D eigenvalue weighted by Gasteiger charge is -2.11. The van der Waals surface area contributed by atoms with Gasteiger partial charge in [-0.25, -0.2) is 31.1 Å². The minimum absolute atomic E-state index is 0.0693. The highest BCUT2D eigenvalue weighted by molar-refractivity contribution is 7.90. The van der Waals surface area contributed by atoms with Crippen molar-refractivity contribution < 1.29 is 21.6 Å². The monoisotopic (exact) mass is 436 g/mol. The Morgan fingerprint density at radius 2 is 1.90 bits per heavy atom. The average molecular weight is 437 g/mol. The van der Waals surface area contributed by atoms with Crippen LogP contribution in [-0.2, 0) is 24.6 Å². The van der Waals surface area contributed by atoms with Gasteiger partial charge in [-0.3, -0.25) is 0 Å². The molecule has 9 nitrogen and oxygen atoms in total. The first-order chi connectivity index (χ1) is 13.7. The first-order valence-electron chi connectivity index (χ1n) is 9.01. The Morgan fingerprint density at radius 3 is 2.55 bits per heavy atom. The number of sulfone groups is 1. The van der Waals surface area contributed by atoms with Crippen LogP contribution in [0.1, 0.15) is 12.8 Å². The molecule has 11 heteroatoms. The lowest BCUT2D eigenvalue weighted by atomic mass is 10.1. The molecule has 29 heavy (non-hydrogen) atoms. The molecular formula is C18H20N4O5S2. The molecule has 3 aromatic rings. The number of rotatable bonds is 6. The van der Waals surface area contributed by atoms with Crippen LogP contribution >= 0.6 is 0 Å². The molecule has 2 aromatic heterocycles. The van der Waals surface area contributed by atoms with Crippen LogP contribution in [0.15, 0.2) is 52.5 Å². The molecule has 0 amide bonds. The van der Waals surface area contributed by atoms with E-state index in [2.05, 4.69) is 14.8 Å². The standard InChI is InChI=1S/C18H20N4O5S2/c1-28(23,24)15-6-4-13(5-7-15)16-8-9-17-19-12-18(22(17)21-16)29(25,26)20-11-14-3-2-10-27-14/h4-9,12,14,20H,2-3,10-11H2,1H3. The smallest absolute Gasteiger partial charge is 0.259 e.